The maximum atomic E-state index is 13.9. The molecule has 2 heterocycles. The van der Waals surface area contributed by atoms with Gasteiger partial charge in [-0.15, -0.1) is 0 Å². The van der Waals surface area contributed by atoms with Gasteiger partial charge in [-0.05, 0) is 36.2 Å². The van der Waals surface area contributed by atoms with E-state index in [0.717, 1.165) is 24.0 Å². The van der Waals surface area contributed by atoms with Gasteiger partial charge in [-0.2, -0.15) is 4.99 Å². The van der Waals surface area contributed by atoms with Crippen molar-refractivity contribution < 1.29 is 31.1 Å². The molecule has 2 aliphatic heterocycles. The lowest BCUT2D eigenvalue weighted by Crippen LogP contribution is -2.53. The lowest BCUT2D eigenvalue weighted by atomic mass is 10.1. The van der Waals surface area contributed by atoms with Crippen molar-refractivity contribution in [2.75, 3.05) is 37.5 Å². The number of guanidine groups is 2. The average molecular weight is 510 g/mol. The van der Waals surface area contributed by atoms with Gasteiger partial charge in [-0.3, -0.25) is 9.80 Å². The second-order valence-corrected chi connectivity index (χ2v) is 10.4. The molecule has 2 aromatic carbocycles. The summed E-state index contributed by atoms with van der Waals surface area (Å²) in [5, 5.41) is 3.05. The van der Waals surface area contributed by atoms with Crippen LogP contribution < -0.4 is 10.1 Å². The number of hydrogen-bond donors (Lipinski definition) is 1. The van der Waals surface area contributed by atoms with Gasteiger partial charge in [0.2, 0.25) is 11.9 Å². The van der Waals surface area contributed by atoms with Gasteiger partial charge in [0.05, 0.1) is 18.3 Å². The Bertz CT molecular complexity index is 1340. The summed E-state index contributed by atoms with van der Waals surface area (Å²) in [5.41, 5.74) is 1.37. The second kappa shape index (κ2) is 9.21. The number of sulfone groups is 1. The number of amides is 2. The van der Waals surface area contributed by atoms with Crippen LogP contribution in [0.3, 0.4) is 0 Å². The number of aryl methyl sites for hydroxylation is 1. The van der Waals surface area contributed by atoms with E-state index in [-0.39, 0.29) is 36.4 Å². The first-order valence-electron chi connectivity index (χ1n) is 10.5. The fraction of sp³-hybridized carbons (Fsp3) is 0.318. The van der Waals surface area contributed by atoms with E-state index in [9.17, 15) is 26.4 Å². The van der Waals surface area contributed by atoms with Crippen molar-refractivity contribution in [2.45, 2.75) is 13.0 Å². The number of ether oxygens (including phenoxy) is 1. The molecule has 35 heavy (non-hydrogen) atoms. The largest absolute Gasteiger partial charge is 0.492 e. The van der Waals surface area contributed by atoms with Crippen molar-refractivity contribution in [1.82, 2.24) is 9.80 Å². The molecule has 1 N–H and O–H groups in total. The molecule has 4 rings (SSSR count). The van der Waals surface area contributed by atoms with Crippen LogP contribution in [0.5, 0.6) is 5.75 Å². The minimum absolute atomic E-state index is 0.0434. The molecule has 2 aliphatic rings. The molecule has 0 saturated heterocycles. The van der Waals surface area contributed by atoms with Crippen molar-refractivity contribution in [2.24, 2.45) is 9.98 Å². The van der Waals surface area contributed by atoms with Crippen molar-refractivity contribution in [3.63, 3.8) is 0 Å². The summed E-state index contributed by atoms with van der Waals surface area (Å²) in [4.78, 5) is 23.5. The Morgan fingerprint density at radius 1 is 1.17 bits per heavy atom. The molecule has 186 valence electrons. The molecule has 0 fully saturated rings. The van der Waals surface area contributed by atoms with Gasteiger partial charge in [0.25, 0.3) is 0 Å². The predicted octanol–water partition coefficient (Wildman–Crippen LogP) is 3.08. The summed E-state index contributed by atoms with van der Waals surface area (Å²) in [6.45, 7) is 1.80. The van der Waals surface area contributed by atoms with E-state index in [2.05, 4.69) is 15.3 Å². The molecule has 0 aliphatic carbocycles. The average Bonchev–Trinajstić information content (AvgIpc) is 3.22. The SMILES string of the molecule is Cc1ccc(OCCS(C)(=O)=O)cc1NC1=NC(=O)N(C)C2=NCC(c3cc(F)c(F)c(F)c3)N12. The van der Waals surface area contributed by atoms with Crippen LogP contribution in [-0.4, -0.2) is 68.4 Å². The van der Waals surface area contributed by atoms with Gasteiger partial charge < -0.3 is 10.1 Å². The zero-order valence-corrected chi connectivity index (χ0v) is 19.9. The lowest BCUT2D eigenvalue weighted by Gasteiger charge is -2.35. The first kappa shape index (κ1) is 24.5. The first-order chi connectivity index (χ1) is 16.4. The molecule has 9 nitrogen and oxygen atoms in total. The van der Waals surface area contributed by atoms with Crippen LogP contribution >= 0.6 is 0 Å². The van der Waals surface area contributed by atoms with E-state index in [1.54, 1.807) is 25.1 Å². The van der Waals surface area contributed by atoms with Gasteiger partial charge >= 0.3 is 6.03 Å². The van der Waals surface area contributed by atoms with Crippen molar-refractivity contribution in [1.29, 1.82) is 0 Å². The zero-order chi connectivity index (χ0) is 25.5. The number of nitrogens with one attached hydrogen (secondary N) is 1. The molecular formula is C22H22F3N5O4S. The lowest BCUT2D eigenvalue weighted by molar-refractivity contribution is 0.230. The number of carbonyl (C=O) groups excluding carboxylic acids is 1. The molecule has 0 bridgehead atoms. The maximum Gasteiger partial charge on any atom is 0.353 e. The molecule has 0 saturated carbocycles. The van der Waals surface area contributed by atoms with Crippen LogP contribution in [0, 0.1) is 24.4 Å². The number of nitrogens with zero attached hydrogens (tertiary/aromatic N) is 4. The normalized spacial score (nSPS) is 17.8. The number of carbonyl (C=O) groups is 1. The van der Waals surface area contributed by atoms with E-state index in [4.69, 9.17) is 4.74 Å². The molecule has 0 spiro atoms. The summed E-state index contributed by atoms with van der Waals surface area (Å²) >= 11 is 0. The maximum absolute atomic E-state index is 13.9. The van der Waals surface area contributed by atoms with Crippen LogP contribution in [0.1, 0.15) is 17.2 Å². The van der Waals surface area contributed by atoms with Gasteiger partial charge in [0.1, 0.15) is 12.4 Å². The molecule has 0 aromatic heterocycles. The number of benzene rings is 2. The van der Waals surface area contributed by atoms with Crippen LogP contribution in [0.2, 0.25) is 0 Å². The van der Waals surface area contributed by atoms with Crippen LogP contribution in [0.4, 0.5) is 23.7 Å². The minimum Gasteiger partial charge on any atom is -0.492 e. The molecule has 13 heteroatoms. The molecule has 1 unspecified atom stereocenters. The standard InChI is InChI=1S/C22H22F3N5O4S/c1-12-4-5-14(34-6-7-35(3,32)33)10-17(12)27-20-28-22(31)29(2)21-26-11-18(30(20)21)13-8-15(23)19(25)16(24)9-13/h4-5,8-10,18H,6-7,11H2,1-3H3,(H,27,28,31). The van der Waals surface area contributed by atoms with E-state index in [0.29, 0.717) is 11.4 Å². The highest BCUT2D eigenvalue weighted by Crippen LogP contribution is 2.33. The van der Waals surface area contributed by atoms with Crippen molar-refractivity contribution in [3.05, 3.63) is 58.9 Å². The number of fused-ring (bicyclic) bond motifs is 1. The summed E-state index contributed by atoms with van der Waals surface area (Å²) < 4.78 is 69.6. The summed E-state index contributed by atoms with van der Waals surface area (Å²) in [7, 11) is -1.73. The highest BCUT2D eigenvalue weighted by Gasteiger charge is 2.41. The fourth-order valence-electron chi connectivity index (χ4n) is 3.65. The topological polar surface area (TPSA) is 104 Å². The summed E-state index contributed by atoms with van der Waals surface area (Å²) in [6.07, 6.45) is 1.11. The van der Waals surface area contributed by atoms with Crippen molar-refractivity contribution in [3.8, 4) is 5.75 Å². The number of urea groups is 1. The molecule has 2 aromatic rings. The number of aliphatic imine (C=N–C) groups is 2. The number of hydrogen-bond acceptors (Lipinski definition) is 7. The summed E-state index contributed by atoms with van der Waals surface area (Å²) in [6, 6.07) is 5.41. The third-order valence-electron chi connectivity index (χ3n) is 5.52. The Kier molecular flexibility index (Phi) is 6.45. The first-order valence-corrected chi connectivity index (χ1v) is 12.5. The molecular weight excluding hydrogens is 487 g/mol. The Morgan fingerprint density at radius 3 is 2.51 bits per heavy atom. The Morgan fingerprint density at radius 2 is 1.86 bits per heavy atom. The van der Waals surface area contributed by atoms with E-state index in [1.807, 2.05) is 0 Å². The number of rotatable bonds is 6. The smallest absolute Gasteiger partial charge is 0.353 e. The van der Waals surface area contributed by atoms with Crippen molar-refractivity contribution >= 4 is 33.5 Å². The molecule has 2 amide bonds. The van der Waals surface area contributed by atoms with Gasteiger partial charge in [0.15, 0.2) is 27.3 Å². The Hall–Kier alpha value is -3.61. The fourth-order valence-corrected chi connectivity index (χ4v) is 4.03. The Balaban J connectivity index is 1.65. The third kappa shape index (κ3) is 5.09. The highest BCUT2D eigenvalue weighted by atomic mass is 32.2. The zero-order valence-electron chi connectivity index (χ0n) is 19.0. The molecule has 1 atom stereocenters. The minimum atomic E-state index is -3.20. The quantitative estimate of drug-likeness (QED) is 0.601. The number of halogens is 3. The van der Waals surface area contributed by atoms with Crippen LogP contribution in [0.25, 0.3) is 0 Å². The second-order valence-electron chi connectivity index (χ2n) is 8.18. The van der Waals surface area contributed by atoms with Crippen LogP contribution in [-0.2, 0) is 9.84 Å². The number of anilines is 1. The van der Waals surface area contributed by atoms with E-state index < -0.39 is 39.4 Å². The molecule has 0 radical (unpaired) electrons. The Labute approximate surface area is 199 Å². The van der Waals surface area contributed by atoms with E-state index >= 15 is 0 Å². The monoisotopic (exact) mass is 509 g/mol. The predicted molar refractivity (Wildman–Crippen MR) is 124 cm³/mol. The highest BCUT2D eigenvalue weighted by molar-refractivity contribution is 7.90. The van der Waals surface area contributed by atoms with Gasteiger partial charge in [-0.25, -0.2) is 31.4 Å². The van der Waals surface area contributed by atoms with Gasteiger partial charge in [0, 0.05) is 25.1 Å². The van der Waals surface area contributed by atoms with E-state index in [1.165, 1.54) is 16.8 Å². The van der Waals surface area contributed by atoms with Gasteiger partial charge in [-0.1, -0.05) is 6.07 Å². The summed E-state index contributed by atoms with van der Waals surface area (Å²) in [5.74, 6) is -3.76. The third-order valence-corrected chi connectivity index (χ3v) is 6.43. The van der Waals surface area contributed by atoms with Crippen LogP contribution in [0.15, 0.2) is 40.3 Å².